The summed E-state index contributed by atoms with van der Waals surface area (Å²) in [5.41, 5.74) is 6.68. The number of aliphatic imine (C=N–C) groups is 1. The average molecular weight is 443 g/mol. The lowest BCUT2D eigenvalue weighted by atomic mass is 10.0. The van der Waals surface area contributed by atoms with Crippen molar-refractivity contribution in [1.82, 2.24) is 14.2 Å². The highest BCUT2D eigenvalue weighted by molar-refractivity contribution is 7.89. The lowest BCUT2D eigenvalue weighted by molar-refractivity contribution is 0.583. The molecule has 0 saturated carbocycles. The molecular weight excluding hydrogens is 424 g/mol. The van der Waals surface area contributed by atoms with E-state index in [4.69, 9.17) is 4.42 Å². The third-order valence-electron chi connectivity index (χ3n) is 5.74. The molecule has 0 radical (unpaired) electrons. The molecule has 1 aliphatic heterocycles. The summed E-state index contributed by atoms with van der Waals surface area (Å²) in [6.07, 6.45) is 2.26. The predicted octanol–water partition coefficient (Wildman–Crippen LogP) is 4.72. The Kier molecular flexibility index (Phi) is 4.06. The van der Waals surface area contributed by atoms with Crippen LogP contribution in [0, 0.1) is 0 Å². The summed E-state index contributed by atoms with van der Waals surface area (Å²) in [6.45, 7) is 1.61. The van der Waals surface area contributed by atoms with E-state index in [0.717, 1.165) is 43.1 Å². The largest absolute Gasteiger partial charge is 0.435 e. The van der Waals surface area contributed by atoms with Crippen LogP contribution in [0.15, 0.2) is 76.3 Å². The molecule has 3 aromatic carbocycles. The number of oxazole rings is 1. The van der Waals surface area contributed by atoms with Crippen LogP contribution in [0.1, 0.15) is 18.4 Å². The molecule has 0 atom stereocenters. The fourth-order valence-corrected chi connectivity index (χ4v) is 4.90. The average Bonchev–Trinajstić information content (AvgIpc) is 3.53. The van der Waals surface area contributed by atoms with E-state index in [1.807, 2.05) is 54.6 Å². The Morgan fingerprint density at radius 2 is 1.84 bits per heavy atom. The van der Waals surface area contributed by atoms with E-state index in [1.54, 1.807) is 13.1 Å². The number of fused-ring (bicyclic) bond motifs is 3. The predicted molar refractivity (Wildman–Crippen MR) is 124 cm³/mol. The maximum Gasteiger partial charge on any atom is 0.254 e. The van der Waals surface area contributed by atoms with Crippen molar-refractivity contribution >= 4 is 43.4 Å². The maximum absolute atomic E-state index is 12.4. The second kappa shape index (κ2) is 6.86. The molecule has 0 N–H and O–H groups in total. The Labute approximate surface area is 184 Å². The lowest BCUT2D eigenvalue weighted by Crippen LogP contribution is -2.15. The number of nitrogens with zero attached hydrogens (tertiary/aromatic N) is 4. The summed E-state index contributed by atoms with van der Waals surface area (Å²) in [4.78, 5) is 9.28. The van der Waals surface area contributed by atoms with Crippen molar-refractivity contribution < 1.29 is 12.8 Å². The molecule has 6 rings (SSSR count). The van der Waals surface area contributed by atoms with Gasteiger partial charge in [0.05, 0.1) is 23.2 Å². The summed E-state index contributed by atoms with van der Waals surface area (Å²) in [5.74, 6) is 0.505. The molecule has 0 unspecified atom stereocenters. The van der Waals surface area contributed by atoms with Crippen LogP contribution in [0.2, 0.25) is 0 Å². The number of hydrogen-bond donors (Lipinski definition) is 0. The topological polar surface area (TPSA) is 90.3 Å². The van der Waals surface area contributed by atoms with Gasteiger partial charge in [0.2, 0.25) is 5.89 Å². The van der Waals surface area contributed by atoms with Gasteiger partial charge in [-0.1, -0.05) is 36.4 Å². The second-order valence-electron chi connectivity index (χ2n) is 7.73. The quantitative estimate of drug-likeness (QED) is 0.402. The van der Waals surface area contributed by atoms with Crippen LogP contribution in [0.5, 0.6) is 0 Å². The van der Waals surface area contributed by atoms with Gasteiger partial charge in [0.25, 0.3) is 10.0 Å². The molecule has 0 aliphatic carbocycles. The van der Waals surface area contributed by atoms with Crippen molar-refractivity contribution in [3.05, 3.63) is 78.3 Å². The molecule has 3 heterocycles. The Morgan fingerprint density at radius 3 is 2.69 bits per heavy atom. The van der Waals surface area contributed by atoms with Crippen molar-refractivity contribution in [1.29, 1.82) is 0 Å². The van der Waals surface area contributed by atoms with Gasteiger partial charge in [-0.2, -0.15) is 9.19 Å². The summed E-state index contributed by atoms with van der Waals surface area (Å²) in [7, 11) is -3.48. The standard InChI is InChI=1S/C24H18N4O3S/c1-2-32(29,30)28-22-12-15(7-8-18(22)14-25-28)16-9-10-20-23(13-16)31-24(27-20)21-11-17-5-3-4-6-19(17)26-21/h3-10,12-14H,2,11H2,1H3. The second-order valence-corrected chi connectivity index (χ2v) is 9.81. The molecule has 0 saturated heterocycles. The molecule has 5 aromatic rings. The molecular formula is C24H18N4O3S. The van der Waals surface area contributed by atoms with E-state index >= 15 is 0 Å². The molecule has 0 spiro atoms. The normalized spacial score (nSPS) is 13.6. The molecule has 158 valence electrons. The van der Waals surface area contributed by atoms with Gasteiger partial charge < -0.3 is 4.42 Å². The van der Waals surface area contributed by atoms with Crippen LogP contribution < -0.4 is 0 Å². The first-order valence-corrected chi connectivity index (χ1v) is 11.9. The third-order valence-corrected chi connectivity index (χ3v) is 7.29. The van der Waals surface area contributed by atoms with Crippen molar-refractivity contribution in [2.24, 2.45) is 4.99 Å². The highest BCUT2D eigenvalue weighted by Gasteiger charge is 2.21. The van der Waals surface area contributed by atoms with Gasteiger partial charge in [0, 0.05) is 11.8 Å². The van der Waals surface area contributed by atoms with Gasteiger partial charge in [0.1, 0.15) is 11.2 Å². The SMILES string of the molecule is CCS(=O)(=O)n1ncc2ccc(-c3ccc4nc(C5=Nc6ccccc6C5)oc4c3)cc21. The maximum atomic E-state index is 12.4. The molecule has 32 heavy (non-hydrogen) atoms. The summed E-state index contributed by atoms with van der Waals surface area (Å²) < 4.78 is 31.9. The van der Waals surface area contributed by atoms with Gasteiger partial charge >= 0.3 is 0 Å². The van der Waals surface area contributed by atoms with Crippen molar-refractivity contribution in [2.75, 3.05) is 5.75 Å². The smallest absolute Gasteiger partial charge is 0.254 e. The summed E-state index contributed by atoms with van der Waals surface area (Å²) in [5, 5.41) is 4.85. The van der Waals surface area contributed by atoms with Crippen LogP contribution >= 0.6 is 0 Å². The van der Waals surface area contributed by atoms with Crippen molar-refractivity contribution in [3.8, 4) is 11.1 Å². The van der Waals surface area contributed by atoms with E-state index in [0.29, 0.717) is 23.4 Å². The van der Waals surface area contributed by atoms with E-state index in [2.05, 4.69) is 21.1 Å². The lowest BCUT2D eigenvalue weighted by Gasteiger charge is -2.05. The number of aromatic nitrogens is 3. The van der Waals surface area contributed by atoms with Crippen molar-refractivity contribution in [3.63, 3.8) is 0 Å². The molecule has 0 amide bonds. The molecule has 0 bridgehead atoms. The van der Waals surface area contributed by atoms with E-state index in [1.165, 1.54) is 0 Å². The van der Waals surface area contributed by atoms with Crippen LogP contribution in [-0.4, -0.2) is 34.1 Å². The zero-order valence-corrected chi connectivity index (χ0v) is 18.0. The Hall–Kier alpha value is -3.78. The first-order valence-electron chi connectivity index (χ1n) is 10.3. The highest BCUT2D eigenvalue weighted by atomic mass is 32.2. The molecule has 1 aliphatic rings. The number of para-hydroxylation sites is 1. The highest BCUT2D eigenvalue weighted by Crippen LogP contribution is 2.31. The minimum atomic E-state index is -3.48. The summed E-state index contributed by atoms with van der Waals surface area (Å²) in [6, 6.07) is 19.5. The third kappa shape index (κ3) is 2.95. The minimum Gasteiger partial charge on any atom is -0.435 e. The van der Waals surface area contributed by atoms with Gasteiger partial charge in [-0.3, -0.25) is 0 Å². The Bertz CT molecular complexity index is 1660. The van der Waals surface area contributed by atoms with Crippen LogP contribution in [0.4, 0.5) is 5.69 Å². The van der Waals surface area contributed by atoms with E-state index in [-0.39, 0.29) is 5.75 Å². The zero-order chi connectivity index (χ0) is 21.9. The van der Waals surface area contributed by atoms with Gasteiger partial charge in [0.15, 0.2) is 5.58 Å². The number of hydrogen-bond acceptors (Lipinski definition) is 6. The molecule has 7 nitrogen and oxygen atoms in total. The monoisotopic (exact) mass is 442 g/mol. The van der Waals surface area contributed by atoms with Gasteiger partial charge in [-0.05, 0) is 47.9 Å². The fourth-order valence-electron chi connectivity index (χ4n) is 4.00. The number of rotatable bonds is 4. The number of benzene rings is 3. The van der Waals surface area contributed by atoms with Crippen molar-refractivity contribution in [2.45, 2.75) is 13.3 Å². The first kappa shape index (κ1) is 18.9. The fraction of sp³-hybridized carbons (Fsp3) is 0.125. The van der Waals surface area contributed by atoms with Crippen LogP contribution in [0.3, 0.4) is 0 Å². The molecule has 8 heteroatoms. The zero-order valence-electron chi connectivity index (χ0n) is 17.2. The van der Waals surface area contributed by atoms with E-state index in [9.17, 15) is 8.42 Å². The Balaban J connectivity index is 1.40. The van der Waals surface area contributed by atoms with E-state index < -0.39 is 10.0 Å². The molecule has 2 aromatic heterocycles. The molecule has 0 fully saturated rings. The first-order chi connectivity index (χ1) is 15.5. The van der Waals surface area contributed by atoms with Gasteiger partial charge in [-0.15, -0.1) is 0 Å². The van der Waals surface area contributed by atoms with Gasteiger partial charge in [-0.25, -0.2) is 18.4 Å². The summed E-state index contributed by atoms with van der Waals surface area (Å²) >= 11 is 0. The van der Waals surface area contributed by atoms with Crippen LogP contribution in [0.25, 0.3) is 33.1 Å². The minimum absolute atomic E-state index is 0.0193. The Morgan fingerprint density at radius 1 is 1.03 bits per heavy atom. The van der Waals surface area contributed by atoms with Crippen LogP contribution in [-0.2, 0) is 16.4 Å².